The third-order valence-electron chi connectivity index (χ3n) is 4.36. The van der Waals surface area contributed by atoms with Crippen LogP contribution in [0.25, 0.3) is 0 Å². The zero-order valence-corrected chi connectivity index (χ0v) is 15.8. The van der Waals surface area contributed by atoms with Crippen molar-refractivity contribution >= 4 is 29.2 Å². The maximum Gasteiger partial charge on any atom is 0.0704 e. The van der Waals surface area contributed by atoms with Gasteiger partial charge in [0.25, 0.3) is 0 Å². The number of hydrogen-bond acceptors (Lipinski definition) is 5. The molecule has 0 radical (unpaired) electrons. The summed E-state index contributed by atoms with van der Waals surface area (Å²) in [6, 6.07) is 0.437. The van der Waals surface area contributed by atoms with Gasteiger partial charge in [-0.15, -0.1) is 11.8 Å². The van der Waals surface area contributed by atoms with Gasteiger partial charge in [-0.25, -0.2) is 0 Å². The molecule has 0 aromatic carbocycles. The van der Waals surface area contributed by atoms with Crippen LogP contribution in [-0.2, 0) is 4.74 Å². The second kappa shape index (κ2) is 9.04. The van der Waals surface area contributed by atoms with Crippen LogP contribution in [-0.4, -0.2) is 54.8 Å². The van der Waals surface area contributed by atoms with Crippen LogP contribution in [0.15, 0.2) is 28.2 Å². The van der Waals surface area contributed by atoms with E-state index in [4.69, 9.17) is 9.84 Å². The fourth-order valence-corrected chi connectivity index (χ4v) is 4.62. The van der Waals surface area contributed by atoms with Gasteiger partial charge < -0.3 is 4.74 Å². The molecule has 1 aliphatic heterocycles. The van der Waals surface area contributed by atoms with E-state index in [2.05, 4.69) is 42.7 Å². The van der Waals surface area contributed by atoms with Gasteiger partial charge in [0.15, 0.2) is 0 Å². The van der Waals surface area contributed by atoms with Gasteiger partial charge >= 0.3 is 0 Å². The van der Waals surface area contributed by atoms with Crippen LogP contribution in [0.2, 0.25) is 0 Å². The van der Waals surface area contributed by atoms with Crippen molar-refractivity contribution in [3.8, 4) is 0 Å². The number of methoxy groups -OCH3 is 1. The van der Waals surface area contributed by atoms with Crippen molar-refractivity contribution in [1.29, 1.82) is 0 Å². The highest BCUT2D eigenvalue weighted by molar-refractivity contribution is 8.02. The fraction of sp³-hybridized carbons (Fsp3) is 0.706. The average Bonchev–Trinajstić information content (AvgIpc) is 3.16. The van der Waals surface area contributed by atoms with Crippen molar-refractivity contribution in [2.75, 3.05) is 32.8 Å². The number of hydrogen-bond donors (Lipinski definition) is 0. The van der Waals surface area contributed by atoms with E-state index in [9.17, 15) is 0 Å². The van der Waals surface area contributed by atoms with Gasteiger partial charge in [0, 0.05) is 24.8 Å². The fourth-order valence-electron chi connectivity index (χ4n) is 3.19. The van der Waals surface area contributed by atoms with Gasteiger partial charge in [-0.2, -0.15) is 16.9 Å². The van der Waals surface area contributed by atoms with Crippen LogP contribution in [0.1, 0.15) is 26.2 Å². The van der Waals surface area contributed by atoms with Gasteiger partial charge in [0.1, 0.15) is 0 Å². The van der Waals surface area contributed by atoms with Crippen LogP contribution in [0, 0.1) is 5.92 Å². The SMILES string of the molecule is CC[C@@H](SC)/C(=N\N1CCC[C@H]1COC)C1C=CC=C1SC. The van der Waals surface area contributed by atoms with Crippen LogP contribution < -0.4 is 0 Å². The Kier molecular flexibility index (Phi) is 7.38. The Hall–Kier alpha value is -0.390. The molecule has 5 heteroatoms. The number of thioether (sulfide) groups is 2. The lowest BCUT2D eigenvalue weighted by atomic mass is 10.0. The normalized spacial score (nSPS) is 26.6. The summed E-state index contributed by atoms with van der Waals surface area (Å²) in [4.78, 5) is 1.41. The van der Waals surface area contributed by atoms with E-state index in [0.717, 1.165) is 19.6 Å². The first-order valence-corrected chi connectivity index (χ1v) is 10.6. The zero-order valence-electron chi connectivity index (χ0n) is 14.1. The number of nitrogens with zero attached hydrogens (tertiary/aromatic N) is 2. The molecule has 1 fully saturated rings. The maximum atomic E-state index is 5.37. The summed E-state index contributed by atoms with van der Waals surface area (Å²) in [6.45, 7) is 4.09. The minimum atomic E-state index is 0.358. The van der Waals surface area contributed by atoms with Gasteiger partial charge in [0.05, 0.1) is 18.4 Å². The van der Waals surface area contributed by atoms with Crippen molar-refractivity contribution in [3.05, 3.63) is 23.1 Å². The number of ether oxygens (including phenoxy) is 1. The summed E-state index contributed by atoms with van der Waals surface area (Å²) in [5.41, 5.74) is 1.31. The summed E-state index contributed by atoms with van der Waals surface area (Å²) < 4.78 is 5.37. The Balaban J connectivity index is 2.26. The summed E-state index contributed by atoms with van der Waals surface area (Å²) in [5.74, 6) is 0.358. The Morgan fingerprint density at radius 2 is 2.32 bits per heavy atom. The third-order valence-corrected chi connectivity index (χ3v) is 6.36. The first-order chi connectivity index (χ1) is 10.7. The highest BCUT2D eigenvalue weighted by atomic mass is 32.2. The number of rotatable bonds is 8. The third kappa shape index (κ3) is 4.12. The first-order valence-electron chi connectivity index (χ1n) is 8.04. The van der Waals surface area contributed by atoms with Crippen LogP contribution >= 0.6 is 23.5 Å². The lowest BCUT2D eigenvalue weighted by molar-refractivity contribution is 0.117. The summed E-state index contributed by atoms with van der Waals surface area (Å²) >= 11 is 3.76. The highest BCUT2D eigenvalue weighted by Crippen LogP contribution is 2.34. The van der Waals surface area contributed by atoms with Crippen molar-refractivity contribution < 1.29 is 4.74 Å². The molecule has 0 bridgehead atoms. The van der Waals surface area contributed by atoms with Crippen molar-refractivity contribution in [2.45, 2.75) is 37.5 Å². The Morgan fingerprint density at radius 1 is 1.50 bits per heavy atom. The van der Waals surface area contributed by atoms with E-state index < -0.39 is 0 Å². The molecule has 124 valence electrons. The molecule has 1 saturated heterocycles. The molecule has 1 unspecified atom stereocenters. The van der Waals surface area contributed by atoms with E-state index in [1.54, 1.807) is 7.11 Å². The van der Waals surface area contributed by atoms with E-state index >= 15 is 0 Å². The molecule has 0 aromatic heterocycles. The molecule has 3 atom stereocenters. The largest absolute Gasteiger partial charge is 0.382 e. The Morgan fingerprint density at radius 3 is 2.95 bits per heavy atom. The van der Waals surface area contributed by atoms with Crippen molar-refractivity contribution in [2.24, 2.45) is 11.0 Å². The van der Waals surface area contributed by atoms with E-state index in [0.29, 0.717) is 17.2 Å². The van der Waals surface area contributed by atoms with Crippen LogP contribution in [0.3, 0.4) is 0 Å². The Labute approximate surface area is 143 Å². The highest BCUT2D eigenvalue weighted by Gasteiger charge is 2.30. The summed E-state index contributed by atoms with van der Waals surface area (Å²) in [5, 5.41) is 7.90. The minimum Gasteiger partial charge on any atom is -0.382 e. The summed E-state index contributed by atoms with van der Waals surface area (Å²) in [6.07, 6.45) is 14.6. The second-order valence-corrected chi connectivity index (χ2v) is 7.63. The van der Waals surface area contributed by atoms with Gasteiger partial charge in [-0.3, -0.25) is 5.01 Å². The maximum absolute atomic E-state index is 5.37. The molecule has 0 aromatic rings. The lowest BCUT2D eigenvalue weighted by Crippen LogP contribution is -2.33. The topological polar surface area (TPSA) is 24.8 Å². The van der Waals surface area contributed by atoms with Crippen LogP contribution in [0.4, 0.5) is 0 Å². The van der Waals surface area contributed by atoms with Gasteiger partial charge in [-0.1, -0.05) is 25.2 Å². The minimum absolute atomic E-state index is 0.358. The first kappa shape index (κ1) is 18.0. The van der Waals surface area contributed by atoms with Gasteiger partial charge in [-0.05, 0) is 36.7 Å². The van der Waals surface area contributed by atoms with Crippen molar-refractivity contribution in [1.82, 2.24) is 5.01 Å². The molecule has 1 aliphatic carbocycles. The van der Waals surface area contributed by atoms with E-state index in [-0.39, 0.29) is 0 Å². The molecule has 0 spiro atoms. The monoisotopic (exact) mass is 340 g/mol. The molecule has 2 rings (SSSR count). The summed E-state index contributed by atoms with van der Waals surface area (Å²) in [7, 11) is 1.78. The molecule has 0 amide bonds. The van der Waals surface area contributed by atoms with E-state index in [1.807, 2.05) is 23.5 Å². The molecular formula is C17H28N2OS2. The Bertz CT molecular complexity index is 444. The molecule has 0 saturated carbocycles. The predicted molar refractivity (Wildman–Crippen MR) is 101 cm³/mol. The molecule has 2 aliphatic rings. The van der Waals surface area contributed by atoms with Gasteiger partial charge in [0.2, 0.25) is 0 Å². The molecular weight excluding hydrogens is 312 g/mol. The van der Waals surface area contributed by atoms with Crippen LogP contribution in [0.5, 0.6) is 0 Å². The van der Waals surface area contributed by atoms with Crippen molar-refractivity contribution in [3.63, 3.8) is 0 Å². The quantitative estimate of drug-likeness (QED) is 0.623. The zero-order chi connectivity index (χ0) is 15.9. The average molecular weight is 341 g/mol. The lowest BCUT2D eigenvalue weighted by Gasteiger charge is -2.27. The molecule has 0 N–H and O–H groups in total. The number of hydrazone groups is 1. The molecule has 3 nitrogen and oxygen atoms in total. The molecule has 1 heterocycles. The number of allylic oxidation sites excluding steroid dienone is 4. The second-order valence-electron chi connectivity index (χ2n) is 5.71. The predicted octanol–water partition coefficient (Wildman–Crippen LogP) is 4.03. The standard InChI is InChI=1S/C17H28N2OS2/c1-5-15(21-3)17(14-9-6-10-16(14)22-4)18-19-11-7-8-13(19)12-20-2/h6,9-10,13-15H,5,7-8,11-12H2,1-4H3/b18-17-/t13-,14?,15+/m0/s1. The molecule has 22 heavy (non-hydrogen) atoms. The smallest absolute Gasteiger partial charge is 0.0704 e. The van der Waals surface area contributed by atoms with E-state index in [1.165, 1.54) is 23.5 Å².